The van der Waals surface area contributed by atoms with Gasteiger partial charge >= 0.3 is 6.18 Å². The summed E-state index contributed by atoms with van der Waals surface area (Å²) in [6.45, 7) is 6.32. The highest BCUT2D eigenvalue weighted by atomic mass is 19.4. The van der Waals surface area contributed by atoms with Gasteiger partial charge in [-0.2, -0.15) is 18.2 Å². The van der Waals surface area contributed by atoms with Crippen molar-refractivity contribution in [2.75, 3.05) is 23.4 Å². The van der Waals surface area contributed by atoms with E-state index in [-0.39, 0.29) is 18.1 Å². The molecule has 118 valence electrons. The molecule has 1 N–H and O–H groups in total. The van der Waals surface area contributed by atoms with Crippen LogP contribution in [0.3, 0.4) is 0 Å². The molecule has 2 atom stereocenters. The van der Waals surface area contributed by atoms with E-state index in [0.717, 1.165) is 6.92 Å². The molecule has 0 saturated carbocycles. The third-order valence-electron chi connectivity index (χ3n) is 3.27. The topological polar surface area (TPSA) is 50.3 Å². The third-order valence-corrected chi connectivity index (χ3v) is 3.27. The van der Waals surface area contributed by atoms with Gasteiger partial charge in [0.05, 0.1) is 6.61 Å². The maximum Gasteiger partial charge on any atom is 0.408 e. The van der Waals surface area contributed by atoms with Crippen LogP contribution in [0.25, 0.3) is 0 Å². The molecule has 1 fully saturated rings. The number of nitrogens with one attached hydrogen (secondary N) is 1. The lowest BCUT2D eigenvalue weighted by atomic mass is 10.2. The van der Waals surface area contributed by atoms with Crippen LogP contribution in [-0.2, 0) is 4.74 Å². The van der Waals surface area contributed by atoms with E-state index in [2.05, 4.69) is 15.3 Å². The minimum atomic E-state index is -4.34. The van der Waals surface area contributed by atoms with Crippen molar-refractivity contribution in [2.24, 2.45) is 5.92 Å². The summed E-state index contributed by atoms with van der Waals surface area (Å²) in [5, 5.41) is 2.28. The molecular weight excluding hydrogens is 285 g/mol. The number of alkyl halides is 3. The Kier molecular flexibility index (Phi) is 4.55. The zero-order chi connectivity index (χ0) is 15.6. The summed E-state index contributed by atoms with van der Waals surface area (Å²) < 4.78 is 43.3. The lowest BCUT2D eigenvalue weighted by Crippen LogP contribution is -2.36. The van der Waals surface area contributed by atoms with Gasteiger partial charge in [-0.1, -0.05) is 13.8 Å². The van der Waals surface area contributed by atoms with Gasteiger partial charge in [0, 0.05) is 12.7 Å². The summed E-state index contributed by atoms with van der Waals surface area (Å²) in [7, 11) is 0. The molecule has 21 heavy (non-hydrogen) atoms. The third kappa shape index (κ3) is 3.75. The molecule has 5 nitrogen and oxygen atoms in total. The van der Waals surface area contributed by atoms with Crippen molar-refractivity contribution < 1.29 is 17.9 Å². The molecule has 8 heteroatoms. The van der Waals surface area contributed by atoms with Gasteiger partial charge in [-0.15, -0.1) is 0 Å². The fourth-order valence-corrected chi connectivity index (χ4v) is 2.14. The quantitative estimate of drug-likeness (QED) is 0.927. The number of hydrogen-bond donors (Lipinski definition) is 1. The van der Waals surface area contributed by atoms with E-state index < -0.39 is 12.2 Å². The maximum atomic E-state index is 12.6. The number of halogens is 3. The van der Waals surface area contributed by atoms with Gasteiger partial charge in [0.25, 0.3) is 0 Å². The van der Waals surface area contributed by atoms with Crippen LogP contribution >= 0.6 is 0 Å². The summed E-state index contributed by atoms with van der Waals surface area (Å²) in [4.78, 5) is 9.95. The standard InChI is InChI=1S/C13H19F3N4O/c1-8(2)11-20(6-7-21-11)10-4-5-17-12(19-10)18-9(3)13(14,15)16/h4-5,8-9,11H,6-7H2,1-3H3,(H,17,18,19)/t9-,11-/m0/s1. The van der Waals surface area contributed by atoms with E-state index >= 15 is 0 Å². The van der Waals surface area contributed by atoms with E-state index in [9.17, 15) is 13.2 Å². The van der Waals surface area contributed by atoms with Crippen LogP contribution in [0, 0.1) is 5.92 Å². The Morgan fingerprint density at radius 1 is 1.38 bits per heavy atom. The molecule has 0 spiro atoms. The summed E-state index contributed by atoms with van der Waals surface area (Å²) in [5.41, 5.74) is 0. The maximum absolute atomic E-state index is 12.6. The minimum Gasteiger partial charge on any atom is -0.356 e. The van der Waals surface area contributed by atoms with Crippen LogP contribution in [0.2, 0.25) is 0 Å². The van der Waals surface area contributed by atoms with Crippen LogP contribution < -0.4 is 10.2 Å². The monoisotopic (exact) mass is 304 g/mol. The van der Waals surface area contributed by atoms with Gasteiger partial charge in [-0.05, 0) is 18.9 Å². The van der Waals surface area contributed by atoms with Crippen molar-refractivity contribution in [3.8, 4) is 0 Å². The molecule has 1 aliphatic rings. The van der Waals surface area contributed by atoms with Crippen LogP contribution in [0.15, 0.2) is 12.3 Å². The summed E-state index contributed by atoms with van der Waals surface area (Å²) in [6.07, 6.45) is -3.01. The Morgan fingerprint density at radius 3 is 2.71 bits per heavy atom. The van der Waals surface area contributed by atoms with Gasteiger partial charge in [0.2, 0.25) is 5.95 Å². The normalized spacial score (nSPS) is 20.9. The Bertz CT molecular complexity index is 481. The Labute approximate surface area is 121 Å². The molecule has 0 radical (unpaired) electrons. The SMILES string of the molecule is CC(C)[C@@H]1OCCN1c1ccnc(N[C@@H](C)C(F)(F)F)n1. The average Bonchev–Trinajstić information content (AvgIpc) is 2.87. The second-order valence-corrected chi connectivity index (χ2v) is 5.34. The van der Waals surface area contributed by atoms with Crippen molar-refractivity contribution in [1.82, 2.24) is 9.97 Å². The Hall–Kier alpha value is -1.57. The smallest absolute Gasteiger partial charge is 0.356 e. The first-order valence-corrected chi connectivity index (χ1v) is 6.83. The number of aromatic nitrogens is 2. The zero-order valence-corrected chi connectivity index (χ0v) is 12.2. The number of anilines is 2. The van der Waals surface area contributed by atoms with Crippen molar-refractivity contribution in [2.45, 2.75) is 39.2 Å². The van der Waals surface area contributed by atoms with Gasteiger partial charge in [-0.3, -0.25) is 0 Å². The molecule has 1 aromatic heterocycles. The second kappa shape index (κ2) is 6.05. The average molecular weight is 304 g/mol. The highest BCUT2D eigenvalue weighted by molar-refractivity contribution is 5.44. The predicted molar refractivity (Wildman–Crippen MR) is 73.1 cm³/mol. The van der Waals surface area contributed by atoms with Gasteiger partial charge in [0.1, 0.15) is 18.1 Å². The first kappa shape index (κ1) is 15.8. The van der Waals surface area contributed by atoms with E-state index in [1.54, 1.807) is 6.07 Å². The largest absolute Gasteiger partial charge is 0.408 e. The van der Waals surface area contributed by atoms with Gasteiger partial charge < -0.3 is 15.0 Å². The van der Waals surface area contributed by atoms with Crippen molar-refractivity contribution in [1.29, 1.82) is 0 Å². The zero-order valence-electron chi connectivity index (χ0n) is 12.2. The van der Waals surface area contributed by atoms with Crippen molar-refractivity contribution in [3.05, 3.63) is 12.3 Å². The molecule has 2 heterocycles. The molecule has 1 saturated heterocycles. The van der Waals surface area contributed by atoms with E-state index in [1.807, 2.05) is 18.7 Å². The van der Waals surface area contributed by atoms with Crippen LogP contribution in [0.1, 0.15) is 20.8 Å². The molecular formula is C13H19F3N4O. The molecule has 0 aliphatic carbocycles. The number of hydrogen-bond acceptors (Lipinski definition) is 5. The molecule has 0 amide bonds. The van der Waals surface area contributed by atoms with E-state index in [1.165, 1.54) is 6.20 Å². The predicted octanol–water partition coefficient (Wildman–Crippen LogP) is 2.66. The summed E-state index contributed by atoms with van der Waals surface area (Å²) in [5.74, 6) is 0.790. The lowest BCUT2D eigenvalue weighted by Gasteiger charge is -2.27. The van der Waals surface area contributed by atoms with Crippen LogP contribution in [-0.4, -0.2) is 41.6 Å². The highest BCUT2D eigenvalue weighted by Gasteiger charge is 2.36. The molecule has 1 aliphatic heterocycles. The van der Waals surface area contributed by atoms with Gasteiger partial charge in [0.15, 0.2) is 0 Å². The molecule has 0 aromatic carbocycles. The highest BCUT2D eigenvalue weighted by Crippen LogP contribution is 2.26. The van der Waals surface area contributed by atoms with E-state index in [4.69, 9.17) is 4.74 Å². The number of ether oxygens (including phenoxy) is 1. The number of rotatable bonds is 4. The van der Waals surface area contributed by atoms with Crippen molar-refractivity contribution >= 4 is 11.8 Å². The van der Waals surface area contributed by atoms with Crippen LogP contribution in [0.5, 0.6) is 0 Å². The summed E-state index contributed by atoms with van der Waals surface area (Å²) in [6, 6.07) is -0.0310. The van der Waals surface area contributed by atoms with E-state index in [0.29, 0.717) is 19.0 Å². The fourth-order valence-electron chi connectivity index (χ4n) is 2.14. The van der Waals surface area contributed by atoms with Crippen molar-refractivity contribution in [3.63, 3.8) is 0 Å². The number of nitrogens with zero attached hydrogens (tertiary/aromatic N) is 3. The first-order chi connectivity index (χ1) is 9.79. The second-order valence-electron chi connectivity index (χ2n) is 5.34. The summed E-state index contributed by atoms with van der Waals surface area (Å²) >= 11 is 0. The fraction of sp³-hybridized carbons (Fsp3) is 0.692. The van der Waals surface area contributed by atoms with Gasteiger partial charge in [-0.25, -0.2) is 4.98 Å². The minimum absolute atomic E-state index is 0.0354. The Balaban J connectivity index is 2.14. The first-order valence-electron chi connectivity index (χ1n) is 6.83. The van der Waals surface area contributed by atoms with Crippen LogP contribution in [0.4, 0.5) is 24.9 Å². The molecule has 0 bridgehead atoms. The molecule has 2 rings (SSSR count). The molecule has 0 unspecified atom stereocenters. The Morgan fingerprint density at radius 2 is 2.10 bits per heavy atom. The lowest BCUT2D eigenvalue weighted by molar-refractivity contribution is -0.138. The molecule has 1 aromatic rings.